The van der Waals surface area contributed by atoms with Gasteiger partial charge in [0.2, 0.25) is 0 Å². The van der Waals surface area contributed by atoms with Gasteiger partial charge in [0.15, 0.2) is 17.5 Å². The molecule has 0 aliphatic carbocycles. The second-order valence-electron chi connectivity index (χ2n) is 15.6. The first-order chi connectivity index (χ1) is 30.2. The van der Waals surface area contributed by atoms with E-state index in [0.29, 0.717) is 17.5 Å². The molecular weight excluding hydrogens is 741 g/mol. The maximum atomic E-state index is 5.09. The fourth-order valence-electron chi connectivity index (χ4n) is 9.17. The van der Waals surface area contributed by atoms with Gasteiger partial charge in [0.1, 0.15) is 0 Å². The number of hydrogen-bond donors (Lipinski definition) is 0. The van der Waals surface area contributed by atoms with Crippen LogP contribution >= 0.6 is 0 Å². The zero-order chi connectivity index (χ0) is 40.3. The van der Waals surface area contributed by atoms with Crippen molar-refractivity contribution >= 4 is 54.1 Å². The van der Waals surface area contributed by atoms with E-state index in [-0.39, 0.29) is 0 Å². The lowest BCUT2D eigenvalue weighted by molar-refractivity contribution is 1.07. The van der Waals surface area contributed by atoms with Crippen molar-refractivity contribution < 1.29 is 0 Å². The highest BCUT2D eigenvalue weighted by atomic mass is 15.0. The first-order valence-electron chi connectivity index (χ1n) is 20.7. The minimum Gasteiger partial charge on any atom is -0.309 e. The molecular formula is C57H36N4. The van der Waals surface area contributed by atoms with Gasteiger partial charge in [0.25, 0.3) is 0 Å². The lowest BCUT2D eigenvalue weighted by atomic mass is 9.88. The predicted octanol–water partition coefficient (Wildman–Crippen LogP) is 14.8. The Morgan fingerprint density at radius 3 is 1.39 bits per heavy atom. The van der Waals surface area contributed by atoms with Gasteiger partial charge in [-0.05, 0) is 84.9 Å². The average molecular weight is 777 g/mol. The summed E-state index contributed by atoms with van der Waals surface area (Å²) >= 11 is 0. The molecule has 284 valence electrons. The van der Waals surface area contributed by atoms with Crippen LogP contribution in [0, 0.1) is 0 Å². The third-order valence-electron chi connectivity index (χ3n) is 12.0. The van der Waals surface area contributed by atoms with E-state index in [4.69, 9.17) is 15.0 Å². The van der Waals surface area contributed by atoms with Crippen molar-refractivity contribution in [1.82, 2.24) is 19.5 Å². The van der Waals surface area contributed by atoms with E-state index in [1.54, 1.807) is 0 Å². The number of benzene rings is 10. The maximum absolute atomic E-state index is 5.09. The Labute approximate surface area is 352 Å². The van der Waals surface area contributed by atoms with Crippen molar-refractivity contribution in [2.75, 3.05) is 0 Å². The van der Waals surface area contributed by atoms with Crippen LogP contribution in [-0.2, 0) is 0 Å². The van der Waals surface area contributed by atoms with Crippen LogP contribution in [0.25, 0.3) is 116 Å². The standard InChI is InChI=1S/C57H36N4/c1-4-15-37(16-5-1)38-27-31-43(32-28-38)61-52-26-13-12-23-47(52)48-33-29-41(36-53(48)61)44-24-14-25-49-45-21-10-11-22-46(45)51-35-42(30-34-50(51)54(44)49)57-59-55(39-17-6-2-7-18-39)58-56(60-57)40-19-8-3-9-20-40/h1-36H. The van der Waals surface area contributed by atoms with Crippen LogP contribution in [0.15, 0.2) is 218 Å². The summed E-state index contributed by atoms with van der Waals surface area (Å²) < 4.78 is 2.41. The molecule has 0 fully saturated rings. The molecule has 0 radical (unpaired) electrons. The van der Waals surface area contributed by atoms with Crippen molar-refractivity contribution in [3.05, 3.63) is 218 Å². The molecule has 0 aliphatic rings. The second-order valence-corrected chi connectivity index (χ2v) is 15.6. The molecule has 12 rings (SSSR count). The van der Waals surface area contributed by atoms with Crippen molar-refractivity contribution in [3.63, 3.8) is 0 Å². The van der Waals surface area contributed by atoms with Gasteiger partial charge in [0, 0.05) is 33.2 Å². The Balaban J connectivity index is 1.06. The molecule has 0 unspecified atom stereocenters. The lowest BCUT2D eigenvalue weighted by Crippen LogP contribution is -2.00. The molecule has 0 saturated carbocycles. The van der Waals surface area contributed by atoms with E-state index in [9.17, 15) is 0 Å². The molecule has 12 aromatic rings. The van der Waals surface area contributed by atoms with E-state index >= 15 is 0 Å². The Morgan fingerprint density at radius 1 is 0.262 bits per heavy atom. The first kappa shape index (κ1) is 34.8. The molecule has 0 N–H and O–H groups in total. The third kappa shape index (κ3) is 5.88. The molecule has 10 aromatic carbocycles. The molecule has 2 heterocycles. The van der Waals surface area contributed by atoms with Crippen LogP contribution in [0.2, 0.25) is 0 Å². The van der Waals surface area contributed by atoms with Crippen LogP contribution in [0.5, 0.6) is 0 Å². The number of rotatable bonds is 6. The maximum Gasteiger partial charge on any atom is 0.164 e. The van der Waals surface area contributed by atoms with Crippen LogP contribution in [-0.4, -0.2) is 19.5 Å². The van der Waals surface area contributed by atoms with Crippen LogP contribution in [0.4, 0.5) is 0 Å². The third-order valence-corrected chi connectivity index (χ3v) is 12.0. The van der Waals surface area contributed by atoms with E-state index in [1.165, 1.54) is 71.0 Å². The normalized spacial score (nSPS) is 11.6. The van der Waals surface area contributed by atoms with Crippen molar-refractivity contribution in [3.8, 4) is 62.1 Å². The molecule has 0 bridgehead atoms. The van der Waals surface area contributed by atoms with Gasteiger partial charge < -0.3 is 4.57 Å². The topological polar surface area (TPSA) is 43.6 Å². The SMILES string of the molecule is c1ccc(-c2ccc(-n3c4ccccc4c4ccc(-c5cccc6c7ccccc7c7cc(-c8nc(-c9ccccc9)nc(-c9ccccc9)n8)ccc7c56)cc43)cc2)cc1. The molecule has 4 heteroatoms. The van der Waals surface area contributed by atoms with Gasteiger partial charge in [-0.15, -0.1) is 0 Å². The Hall–Kier alpha value is -8.21. The Bertz CT molecular complexity index is 3560. The monoisotopic (exact) mass is 776 g/mol. The summed E-state index contributed by atoms with van der Waals surface area (Å²) in [4.78, 5) is 15.1. The molecule has 4 nitrogen and oxygen atoms in total. The van der Waals surface area contributed by atoms with Gasteiger partial charge >= 0.3 is 0 Å². The summed E-state index contributed by atoms with van der Waals surface area (Å²) in [5.41, 5.74) is 11.1. The van der Waals surface area contributed by atoms with Crippen molar-refractivity contribution in [2.45, 2.75) is 0 Å². The van der Waals surface area contributed by atoms with Crippen molar-refractivity contribution in [2.24, 2.45) is 0 Å². The molecule has 2 aromatic heterocycles. The highest BCUT2D eigenvalue weighted by Crippen LogP contribution is 2.43. The molecule has 0 saturated heterocycles. The van der Waals surface area contributed by atoms with Gasteiger partial charge in [-0.1, -0.05) is 188 Å². The summed E-state index contributed by atoms with van der Waals surface area (Å²) in [6, 6.07) is 77.7. The van der Waals surface area contributed by atoms with Crippen LogP contribution < -0.4 is 0 Å². The van der Waals surface area contributed by atoms with E-state index in [2.05, 4.69) is 162 Å². The highest BCUT2D eigenvalue weighted by Gasteiger charge is 2.19. The summed E-state index contributed by atoms with van der Waals surface area (Å²) in [7, 11) is 0. The molecule has 0 atom stereocenters. The van der Waals surface area contributed by atoms with Gasteiger partial charge in [-0.2, -0.15) is 0 Å². The smallest absolute Gasteiger partial charge is 0.164 e. The number of para-hydroxylation sites is 1. The van der Waals surface area contributed by atoms with E-state index < -0.39 is 0 Å². The number of aromatic nitrogens is 4. The van der Waals surface area contributed by atoms with Crippen LogP contribution in [0.1, 0.15) is 0 Å². The van der Waals surface area contributed by atoms with Crippen LogP contribution in [0.3, 0.4) is 0 Å². The number of nitrogens with zero attached hydrogens (tertiary/aromatic N) is 4. The zero-order valence-electron chi connectivity index (χ0n) is 33.1. The zero-order valence-corrected chi connectivity index (χ0v) is 33.1. The van der Waals surface area contributed by atoms with E-state index in [0.717, 1.165) is 27.8 Å². The largest absolute Gasteiger partial charge is 0.309 e. The number of fused-ring (bicyclic) bond motifs is 9. The quantitative estimate of drug-likeness (QED) is 0.158. The lowest BCUT2D eigenvalue weighted by Gasteiger charge is -2.16. The summed E-state index contributed by atoms with van der Waals surface area (Å²) in [6.07, 6.45) is 0. The minimum atomic E-state index is 0.641. The van der Waals surface area contributed by atoms with E-state index in [1.807, 2.05) is 60.7 Å². The molecule has 0 aliphatic heterocycles. The van der Waals surface area contributed by atoms with Gasteiger partial charge in [-0.3, -0.25) is 0 Å². The molecule has 61 heavy (non-hydrogen) atoms. The predicted molar refractivity (Wildman–Crippen MR) is 254 cm³/mol. The van der Waals surface area contributed by atoms with Gasteiger partial charge in [-0.25, -0.2) is 15.0 Å². The average Bonchev–Trinajstić information content (AvgIpc) is 3.68. The minimum absolute atomic E-state index is 0.641. The Kier molecular flexibility index (Phi) is 8.13. The molecule has 0 spiro atoms. The second kappa shape index (κ2) is 14.3. The molecule has 0 amide bonds. The summed E-state index contributed by atoms with van der Waals surface area (Å²) in [6.45, 7) is 0. The fourth-order valence-corrected chi connectivity index (χ4v) is 9.17. The summed E-state index contributed by atoms with van der Waals surface area (Å²) in [5, 5.41) is 9.67. The Morgan fingerprint density at radius 2 is 0.721 bits per heavy atom. The van der Waals surface area contributed by atoms with Crippen molar-refractivity contribution in [1.29, 1.82) is 0 Å². The highest BCUT2D eigenvalue weighted by molar-refractivity contribution is 6.29. The fraction of sp³-hybridized carbons (Fsp3) is 0. The number of hydrogen-bond acceptors (Lipinski definition) is 3. The van der Waals surface area contributed by atoms with Gasteiger partial charge in [0.05, 0.1) is 11.0 Å². The first-order valence-corrected chi connectivity index (χ1v) is 20.7. The summed E-state index contributed by atoms with van der Waals surface area (Å²) in [5.74, 6) is 1.94.